The molecule has 7 heteroatoms. The van der Waals surface area contributed by atoms with E-state index in [1.165, 1.54) is 24.3 Å². The predicted octanol–water partition coefficient (Wildman–Crippen LogP) is 5.16. The smallest absolute Gasteiger partial charge is 0.270 e. The number of rotatable bonds is 5. The Hall–Kier alpha value is -3.22. The van der Waals surface area contributed by atoms with Gasteiger partial charge in [0.2, 0.25) is 0 Å². The van der Waals surface area contributed by atoms with E-state index in [9.17, 15) is 13.2 Å². The molecule has 0 unspecified atom stereocenters. The number of fused-ring (bicyclic) bond motifs is 1. The first-order valence-corrected chi connectivity index (χ1v) is 8.76. The number of hydrogen-bond donors (Lipinski definition) is 0. The Kier molecular flexibility index (Phi) is 4.58. The molecule has 4 nitrogen and oxygen atoms in total. The second-order valence-electron chi connectivity index (χ2n) is 6.67. The van der Waals surface area contributed by atoms with Crippen LogP contribution in [0.15, 0.2) is 60.9 Å². The molecule has 0 aliphatic carbocycles. The lowest BCUT2D eigenvalue weighted by Crippen LogP contribution is -2.24. The highest BCUT2D eigenvalue weighted by molar-refractivity contribution is 5.57. The van der Waals surface area contributed by atoms with Crippen molar-refractivity contribution in [3.05, 3.63) is 83.8 Å². The number of hydrogen-bond acceptors (Lipinski definition) is 3. The van der Waals surface area contributed by atoms with Gasteiger partial charge in [0, 0.05) is 30.6 Å². The van der Waals surface area contributed by atoms with E-state index in [-0.39, 0.29) is 18.0 Å². The fraction of sp³-hybridized carbons (Fsp3) is 0.190. The van der Waals surface area contributed by atoms with E-state index in [0.29, 0.717) is 18.1 Å². The minimum absolute atomic E-state index is 0.0248. The summed E-state index contributed by atoms with van der Waals surface area (Å²) in [5.74, 6) is -1.90. The van der Waals surface area contributed by atoms with Gasteiger partial charge in [-0.05, 0) is 42.5 Å². The third-order valence-corrected chi connectivity index (χ3v) is 4.45. The average Bonchev–Trinajstić information content (AvgIpc) is 3.09. The molecule has 0 N–H and O–H groups in total. The van der Waals surface area contributed by atoms with Crippen LogP contribution in [0.1, 0.15) is 24.0 Å². The van der Waals surface area contributed by atoms with Crippen molar-refractivity contribution < 1.29 is 17.9 Å². The number of alkyl halides is 2. The maximum absolute atomic E-state index is 13.6. The second kappa shape index (κ2) is 7.07. The van der Waals surface area contributed by atoms with Crippen LogP contribution in [0, 0.1) is 5.82 Å². The van der Waals surface area contributed by atoms with Crippen LogP contribution in [-0.2, 0) is 19.2 Å². The van der Waals surface area contributed by atoms with Gasteiger partial charge in [0.05, 0.1) is 5.69 Å². The Labute approximate surface area is 160 Å². The number of halogens is 3. The maximum atomic E-state index is 13.6. The summed E-state index contributed by atoms with van der Waals surface area (Å²) in [5.41, 5.74) is 1.38. The lowest BCUT2D eigenvalue weighted by atomic mass is 10.1. The van der Waals surface area contributed by atoms with E-state index in [0.717, 1.165) is 18.4 Å². The molecular formula is C21H18F3N3O. The van der Waals surface area contributed by atoms with Crippen molar-refractivity contribution in [3.8, 4) is 5.75 Å². The molecule has 4 rings (SSSR count). The lowest BCUT2D eigenvalue weighted by Gasteiger charge is -2.26. The van der Waals surface area contributed by atoms with Crippen LogP contribution in [0.2, 0.25) is 0 Å². The monoisotopic (exact) mass is 385 g/mol. The zero-order valence-electron chi connectivity index (χ0n) is 15.1. The van der Waals surface area contributed by atoms with Gasteiger partial charge in [-0.15, -0.1) is 0 Å². The van der Waals surface area contributed by atoms with Gasteiger partial charge >= 0.3 is 0 Å². The first-order valence-electron chi connectivity index (χ1n) is 8.76. The first kappa shape index (κ1) is 18.2. The quantitative estimate of drug-likeness (QED) is 0.608. The Morgan fingerprint density at radius 2 is 1.93 bits per heavy atom. The normalized spacial score (nSPS) is 13.5. The molecule has 1 aliphatic heterocycles. The van der Waals surface area contributed by atoms with Crippen molar-refractivity contribution in [3.63, 3.8) is 0 Å². The maximum Gasteiger partial charge on any atom is 0.270 e. The summed E-state index contributed by atoms with van der Waals surface area (Å²) >= 11 is 0. The van der Waals surface area contributed by atoms with Crippen LogP contribution in [0.25, 0.3) is 6.08 Å². The number of ether oxygens (including phenoxy) is 1. The summed E-state index contributed by atoms with van der Waals surface area (Å²) in [4.78, 5) is 6.37. The highest BCUT2D eigenvalue weighted by atomic mass is 19.3. The minimum atomic E-state index is -2.89. The van der Waals surface area contributed by atoms with Crippen molar-refractivity contribution >= 4 is 11.8 Å². The molecule has 28 heavy (non-hydrogen) atoms. The molecular weight excluding hydrogens is 367 g/mol. The average molecular weight is 385 g/mol. The Morgan fingerprint density at radius 3 is 2.68 bits per heavy atom. The number of anilines is 1. The number of aromatic nitrogens is 2. The molecule has 0 bridgehead atoms. The molecule has 0 saturated heterocycles. The first-order chi connectivity index (χ1) is 13.4. The van der Waals surface area contributed by atoms with E-state index >= 15 is 0 Å². The summed E-state index contributed by atoms with van der Waals surface area (Å²) in [7, 11) is 0. The number of benzene rings is 2. The Morgan fingerprint density at radius 1 is 1.14 bits per heavy atom. The van der Waals surface area contributed by atoms with Gasteiger partial charge in [-0.1, -0.05) is 12.1 Å². The van der Waals surface area contributed by atoms with Crippen LogP contribution < -0.4 is 9.64 Å². The second-order valence-corrected chi connectivity index (χ2v) is 6.67. The van der Waals surface area contributed by atoms with Crippen molar-refractivity contribution in [2.75, 3.05) is 4.90 Å². The van der Waals surface area contributed by atoms with E-state index in [1.807, 2.05) is 27.9 Å². The number of imidazole rings is 1. The lowest BCUT2D eigenvalue weighted by molar-refractivity contribution is 0.0175. The molecule has 1 aliphatic rings. The van der Waals surface area contributed by atoms with Crippen LogP contribution in [0.5, 0.6) is 5.75 Å². The van der Waals surface area contributed by atoms with Crippen molar-refractivity contribution in [1.82, 2.24) is 9.55 Å². The Bertz CT molecular complexity index is 1010. The summed E-state index contributed by atoms with van der Waals surface area (Å²) in [6.45, 7) is 1.59. The van der Waals surface area contributed by atoms with Crippen LogP contribution in [-0.4, -0.2) is 9.55 Å². The van der Waals surface area contributed by atoms with Gasteiger partial charge in [-0.3, -0.25) is 0 Å². The fourth-order valence-corrected chi connectivity index (χ4v) is 2.98. The molecule has 0 fully saturated rings. The van der Waals surface area contributed by atoms with Crippen LogP contribution in [0.3, 0.4) is 0 Å². The minimum Gasteiger partial charge on any atom is -0.487 e. The van der Waals surface area contributed by atoms with Gasteiger partial charge in [0.25, 0.3) is 5.92 Å². The van der Waals surface area contributed by atoms with Gasteiger partial charge < -0.3 is 14.2 Å². The summed E-state index contributed by atoms with van der Waals surface area (Å²) < 4.78 is 47.7. The van der Waals surface area contributed by atoms with Crippen LogP contribution >= 0.6 is 0 Å². The van der Waals surface area contributed by atoms with Gasteiger partial charge in [0.15, 0.2) is 0 Å². The highest BCUT2D eigenvalue weighted by Gasteiger charge is 2.25. The predicted molar refractivity (Wildman–Crippen MR) is 100 cm³/mol. The molecule has 2 aromatic carbocycles. The van der Waals surface area contributed by atoms with Gasteiger partial charge in [-0.2, -0.15) is 0 Å². The molecule has 0 amide bonds. The SMILES string of the molecule is CC(F)(F)c1cccc(N2C=Cc3nc(COc4ccc(F)cc4)cn3C2)c1. The van der Waals surface area contributed by atoms with E-state index in [2.05, 4.69) is 4.98 Å². The molecule has 144 valence electrons. The molecule has 1 aromatic heterocycles. The summed E-state index contributed by atoms with van der Waals surface area (Å²) in [5, 5.41) is 0. The zero-order chi connectivity index (χ0) is 19.7. The third-order valence-electron chi connectivity index (χ3n) is 4.45. The fourth-order valence-electron chi connectivity index (χ4n) is 2.98. The summed E-state index contributed by atoms with van der Waals surface area (Å²) in [6.07, 6.45) is 5.50. The molecule has 0 radical (unpaired) electrons. The topological polar surface area (TPSA) is 30.3 Å². The highest BCUT2D eigenvalue weighted by Crippen LogP contribution is 2.31. The number of nitrogens with zero attached hydrogens (tertiary/aromatic N) is 3. The van der Waals surface area contributed by atoms with E-state index in [1.54, 1.807) is 24.3 Å². The molecule has 0 saturated carbocycles. The van der Waals surface area contributed by atoms with E-state index in [4.69, 9.17) is 4.74 Å². The molecule has 3 aromatic rings. The van der Waals surface area contributed by atoms with Crippen molar-refractivity contribution in [2.24, 2.45) is 0 Å². The van der Waals surface area contributed by atoms with Gasteiger partial charge in [0.1, 0.15) is 30.7 Å². The zero-order valence-corrected chi connectivity index (χ0v) is 15.1. The Balaban J connectivity index is 1.47. The van der Waals surface area contributed by atoms with Crippen molar-refractivity contribution in [2.45, 2.75) is 26.1 Å². The van der Waals surface area contributed by atoms with E-state index < -0.39 is 5.92 Å². The standard InChI is InChI=1S/C21H18F3N3O/c1-21(23,24)15-3-2-4-18(11-15)26-10-9-20-25-17(12-27(20)14-26)13-28-19-7-5-16(22)6-8-19/h2-12H,13-14H2,1H3. The largest absolute Gasteiger partial charge is 0.487 e. The molecule has 2 heterocycles. The van der Waals surface area contributed by atoms with Crippen molar-refractivity contribution in [1.29, 1.82) is 0 Å². The third kappa shape index (κ3) is 3.88. The van der Waals surface area contributed by atoms with Crippen LogP contribution in [0.4, 0.5) is 18.9 Å². The molecule has 0 atom stereocenters. The molecule has 0 spiro atoms. The summed E-state index contributed by atoms with van der Waals surface area (Å²) in [6, 6.07) is 12.1. The van der Waals surface area contributed by atoms with Gasteiger partial charge in [-0.25, -0.2) is 18.2 Å².